The Bertz CT molecular complexity index is 1150. The van der Waals surface area contributed by atoms with Crippen LogP contribution in [0.25, 0.3) is 5.65 Å². The van der Waals surface area contributed by atoms with Crippen molar-refractivity contribution < 1.29 is 18.3 Å². The van der Waals surface area contributed by atoms with Crippen LogP contribution < -0.4 is 4.74 Å². The largest absolute Gasteiger partial charge is 0.454 e. The fraction of sp³-hybridized carbons (Fsp3) is 0.0556. The van der Waals surface area contributed by atoms with Crippen molar-refractivity contribution in [3.05, 3.63) is 78.3 Å². The first-order chi connectivity index (χ1) is 13.1. The highest BCUT2D eigenvalue weighted by Gasteiger charge is 2.17. The Morgan fingerprint density at radius 3 is 2.78 bits per heavy atom. The highest BCUT2D eigenvalue weighted by molar-refractivity contribution is 6.02. The number of nitrogens with zero attached hydrogens (tertiary/aromatic N) is 5. The number of Topliss-reactive ketones (excluding diaryl/α,β-unsaturated/α-hetero) is 1. The van der Waals surface area contributed by atoms with Gasteiger partial charge in [0.2, 0.25) is 0 Å². The number of carbonyl (C=O) groups is 1. The van der Waals surface area contributed by atoms with Crippen LogP contribution in [-0.4, -0.2) is 30.3 Å². The van der Waals surface area contributed by atoms with E-state index in [-0.39, 0.29) is 29.3 Å². The Hall–Kier alpha value is -3.75. The van der Waals surface area contributed by atoms with Crippen LogP contribution in [0.1, 0.15) is 16.1 Å². The second-order valence-electron chi connectivity index (χ2n) is 5.62. The van der Waals surface area contributed by atoms with E-state index >= 15 is 0 Å². The molecule has 0 N–H and O–H groups in total. The van der Waals surface area contributed by atoms with E-state index in [1.54, 1.807) is 0 Å². The third kappa shape index (κ3) is 3.61. The van der Waals surface area contributed by atoms with E-state index in [1.807, 2.05) is 0 Å². The van der Waals surface area contributed by atoms with Gasteiger partial charge in [-0.1, -0.05) is 0 Å². The maximum absolute atomic E-state index is 13.3. The Morgan fingerprint density at radius 1 is 1.07 bits per heavy atom. The van der Waals surface area contributed by atoms with Gasteiger partial charge in [0.25, 0.3) is 0 Å². The summed E-state index contributed by atoms with van der Waals surface area (Å²) in [7, 11) is 0. The molecule has 0 saturated carbocycles. The van der Waals surface area contributed by atoms with Crippen molar-refractivity contribution in [3.63, 3.8) is 0 Å². The lowest BCUT2D eigenvalue weighted by Crippen LogP contribution is -2.08. The third-order valence-electron chi connectivity index (χ3n) is 3.69. The van der Waals surface area contributed by atoms with Gasteiger partial charge < -0.3 is 4.74 Å². The molecule has 0 spiro atoms. The molecule has 0 amide bonds. The minimum absolute atomic E-state index is 0.120. The summed E-state index contributed by atoms with van der Waals surface area (Å²) in [6.45, 7) is 0. The van der Waals surface area contributed by atoms with E-state index in [4.69, 9.17) is 4.74 Å². The molecule has 0 radical (unpaired) electrons. The van der Waals surface area contributed by atoms with Crippen molar-refractivity contribution >= 4 is 11.4 Å². The maximum Gasteiger partial charge on any atom is 0.172 e. The maximum atomic E-state index is 13.3. The van der Waals surface area contributed by atoms with E-state index in [1.165, 1.54) is 47.6 Å². The van der Waals surface area contributed by atoms with Crippen molar-refractivity contribution in [3.8, 4) is 11.5 Å². The zero-order chi connectivity index (χ0) is 18.8. The molecule has 0 saturated heterocycles. The molecule has 0 aliphatic rings. The van der Waals surface area contributed by atoms with Crippen molar-refractivity contribution in [1.29, 1.82) is 0 Å². The Morgan fingerprint density at radius 2 is 1.96 bits per heavy atom. The molecule has 0 unspecified atom stereocenters. The Labute approximate surface area is 151 Å². The van der Waals surface area contributed by atoms with E-state index in [0.717, 1.165) is 12.3 Å². The van der Waals surface area contributed by atoms with E-state index in [9.17, 15) is 13.6 Å². The third-order valence-corrected chi connectivity index (χ3v) is 3.69. The number of fused-ring (bicyclic) bond motifs is 1. The molecule has 0 aliphatic heterocycles. The number of ether oxygens (including phenoxy) is 1. The summed E-state index contributed by atoms with van der Waals surface area (Å²) in [5.74, 6) is -0.955. The molecular formula is C18H11F2N5O2. The number of hydrogen-bond donors (Lipinski definition) is 0. The molecule has 0 fully saturated rings. The van der Waals surface area contributed by atoms with E-state index in [0.29, 0.717) is 11.3 Å². The summed E-state index contributed by atoms with van der Waals surface area (Å²) in [5.41, 5.74) is 0.833. The quantitative estimate of drug-likeness (QED) is 0.504. The summed E-state index contributed by atoms with van der Waals surface area (Å²) in [5, 5.41) is 4.01. The molecule has 9 heteroatoms. The van der Waals surface area contributed by atoms with Gasteiger partial charge in [0, 0.05) is 12.3 Å². The normalized spacial score (nSPS) is 10.9. The number of carbonyl (C=O) groups excluding carboxylic acids is 1. The molecule has 4 aromatic rings. The van der Waals surface area contributed by atoms with Gasteiger partial charge in [-0.2, -0.15) is 5.10 Å². The van der Waals surface area contributed by atoms with Crippen molar-refractivity contribution in [2.45, 2.75) is 6.42 Å². The molecule has 4 aromatic heterocycles. The van der Waals surface area contributed by atoms with Gasteiger partial charge in [0.15, 0.2) is 11.4 Å². The van der Waals surface area contributed by atoms with Gasteiger partial charge >= 0.3 is 0 Å². The number of hydrogen-bond acceptors (Lipinski definition) is 6. The van der Waals surface area contributed by atoms with Crippen molar-refractivity contribution in [2.75, 3.05) is 0 Å². The zero-order valence-corrected chi connectivity index (χ0v) is 13.7. The van der Waals surface area contributed by atoms with Gasteiger partial charge in [-0.15, -0.1) is 0 Å². The number of pyridine rings is 3. The molecule has 134 valence electrons. The average molecular weight is 367 g/mol. The molecule has 7 nitrogen and oxygen atoms in total. The minimum Gasteiger partial charge on any atom is -0.454 e. The van der Waals surface area contributed by atoms with Crippen LogP contribution in [0, 0.1) is 11.6 Å². The molecule has 27 heavy (non-hydrogen) atoms. The van der Waals surface area contributed by atoms with Crippen molar-refractivity contribution in [1.82, 2.24) is 24.6 Å². The van der Waals surface area contributed by atoms with E-state index in [2.05, 4.69) is 20.1 Å². The van der Waals surface area contributed by atoms with Crippen LogP contribution in [0.5, 0.6) is 11.5 Å². The topological polar surface area (TPSA) is 82.3 Å². The number of ketones is 1. The van der Waals surface area contributed by atoms with Crippen LogP contribution in [0.2, 0.25) is 0 Å². The van der Waals surface area contributed by atoms with Crippen LogP contribution in [0.3, 0.4) is 0 Å². The number of aromatic nitrogens is 5. The molecule has 0 aromatic carbocycles. The first-order valence-corrected chi connectivity index (χ1v) is 7.84. The summed E-state index contributed by atoms with van der Waals surface area (Å²) >= 11 is 0. The first-order valence-electron chi connectivity index (χ1n) is 7.84. The van der Waals surface area contributed by atoms with Gasteiger partial charge in [0.1, 0.15) is 29.5 Å². The van der Waals surface area contributed by atoms with Crippen LogP contribution in [0.4, 0.5) is 8.78 Å². The lowest BCUT2D eigenvalue weighted by molar-refractivity contribution is 0.0992. The second-order valence-corrected chi connectivity index (χ2v) is 5.62. The Kier molecular flexibility index (Phi) is 4.25. The summed E-state index contributed by atoms with van der Waals surface area (Å²) in [6, 6.07) is 5.02. The predicted octanol–water partition coefficient (Wildman–Crippen LogP) is 3.02. The molecule has 4 rings (SSSR count). The number of halogens is 2. The average Bonchev–Trinajstić information content (AvgIpc) is 3.09. The lowest BCUT2D eigenvalue weighted by Gasteiger charge is -2.09. The standard InChI is InChI=1S/C18H11F2N5O2/c19-11-1-2-22-13(3-11)5-17(26)16-6-15(9-25-18(16)23-10-24-25)27-14-4-12(20)7-21-8-14/h1-4,6-10H,5H2. The van der Waals surface area contributed by atoms with Gasteiger partial charge in [0.05, 0.1) is 36.3 Å². The molecule has 0 atom stereocenters. The van der Waals surface area contributed by atoms with Gasteiger partial charge in [-0.05, 0) is 18.2 Å². The molecule has 4 heterocycles. The zero-order valence-electron chi connectivity index (χ0n) is 13.7. The summed E-state index contributed by atoms with van der Waals surface area (Å²) in [4.78, 5) is 24.5. The Balaban J connectivity index is 1.69. The predicted molar refractivity (Wildman–Crippen MR) is 89.5 cm³/mol. The fourth-order valence-corrected chi connectivity index (χ4v) is 2.55. The van der Waals surface area contributed by atoms with Crippen LogP contribution >= 0.6 is 0 Å². The lowest BCUT2D eigenvalue weighted by atomic mass is 10.1. The van der Waals surface area contributed by atoms with Gasteiger partial charge in [-0.3, -0.25) is 14.8 Å². The molecule has 0 aliphatic carbocycles. The minimum atomic E-state index is -0.553. The summed E-state index contributed by atoms with van der Waals surface area (Å²) in [6.07, 6.45) is 6.36. The number of rotatable bonds is 5. The molecule has 0 bridgehead atoms. The first kappa shape index (κ1) is 16.7. The second kappa shape index (κ2) is 6.87. The smallest absolute Gasteiger partial charge is 0.172 e. The molecular weight excluding hydrogens is 356 g/mol. The van der Waals surface area contributed by atoms with Gasteiger partial charge in [-0.25, -0.2) is 18.3 Å². The highest BCUT2D eigenvalue weighted by atomic mass is 19.1. The SMILES string of the molecule is O=C(Cc1cc(F)ccn1)c1cc(Oc2cncc(F)c2)cn2ncnc12. The van der Waals surface area contributed by atoms with Crippen molar-refractivity contribution in [2.24, 2.45) is 0 Å². The van der Waals surface area contributed by atoms with Crippen LogP contribution in [-0.2, 0) is 6.42 Å². The fourth-order valence-electron chi connectivity index (χ4n) is 2.55. The monoisotopic (exact) mass is 367 g/mol. The van der Waals surface area contributed by atoms with Crippen LogP contribution in [0.15, 0.2) is 55.4 Å². The summed E-state index contributed by atoms with van der Waals surface area (Å²) < 4.78 is 33.6. The highest BCUT2D eigenvalue weighted by Crippen LogP contribution is 2.24. The van der Waals surface area contributed by atoms with E-state index < -0.39 is 11.6 Å².